The summed E-state index contributed by atoms with van der Waals surface area (Å²) in [5.41, 5.74) is -6.50. The first-order valence-electron chi connectivity index (χ1n) is 12.3. The topological polar surface area (TPSA) is 52.6 Å². The van der Waals surface area contributed by atoms with E-state index >= 15 is 0 Å². The molecule has 0 radical (unpaired) electrons. The first-order valence-corrected chi connectivity index (χ1v) is 13.8. The Hall–Kier alpha value is -3.19. The normalized spacial score (nSPS) is 16.1. The summed E-state index contributed by atoms with van der Waals surface area (Å²) in [5.74, 6) is -1.77. The van der Waals surface area contributed by atoms with Crippen molar-refractivity contribution in [3.63, 3.8) is 0 Å². The molecule has 0 spiro atoms. The average molecular weight is 609 g/mol. The van der Waals surface area contributed by atoms with Crippen LogP contribution in [0.3, 0.4) is 0 Å². The van der Waals surface area contributed by atoms with Gasteiger partial charge in [0.1, 0.15) is 22.1 Å². The lowest BCUT2D eigenvalue weighted by Gasteiger charge is -2.38. The Balaban J connectivity index is 1.79. The van der Waals surface area contributed by atoms with Crippen LogP contribution in [-0.4, -0.2) is 27.9 Å². The molecule has 0 heterocycles. The van der Waals surface area contributed by atoms with Gasteiger partial charge in [-0.25, -0.2) is 17.2 Å². The van der Waals surface area contributed by atoms with Crippen LogP contribution in [0.1, 0.15) is 42.4 Å². The smallest absolute Gasteiger partial charge is 0.430 e. The van der Waals surface area contributed by atoms with E-state index in [-0.39, 0.29) is 34.6 Å². The molecule has 1 saturated carbocycles. The Morgan fingerprint density at radius 1 is 0.780 bits per heavy atom. The number of methoxy groups -OCH3 is 1. The summed E-state index contributed by atoms with van der Waals surface area (Å²) in [7, 11) is -3.08. The highest BCUT2D eigenvalue weighted by Crippen LogP contribution is 2.54. The van der Waals surface area contributed by atoms with Crippen molar-refractivity contribution in [1.29, 1.82) is 0 Å². The minimum atomic E-state index is -6.02. The van der Waals surface area contributed by atoms with Crippen LogP contribution in [0.15, 0.2) is 71.6 Å². The van der Waals surface area contributed by atoms with E-state index in [1.807, 2.05) is 0 Å². The summed E-state index contributed by atoms with van der Waals surface area (Å²) in [5, 5.41) is 0. The van der Waals surface area contributed by atoms with Gasteiger partial charge < -0.3 is 9.47 Å². The number of hydrogen-bond donors (Lipinski definition) is 0. The van der Waals surface area contributed by atoms with Gasteiger partial charge in [0.2, 0.25) is 0 Å². The Labute approximate surface area is 230 Å². The summed E-state index contributed by atoms with van der Waals surface area (Å²) in [6.45, 7) is -1.28. The van der Waals surface area contributed by atoms with Gasteiger partial charge in [-0.3, -0.25) is 0 Å². The van der Waals surface area contributed by atoms with Crippen molar-refractivity contribution < 1.29 is 53.0 Å². The number of hydrogen-bond acceptors (Lipinski definition) is 4. The lowest BCUT2D eigenvalue weighted by Crippen LogP contribution is -2.55. The number of ether oxygens (including phenoxy) is 2. The van der Waals surface area contributed by atoms with E-state index in [9.17, 15) is 43.5 Å². The zero-order valence-corrected chi connectivity index (χ0v) is 22.3. The number of rotatable bonds is 8. The zero-order chi connectivity index (χ0) is 30.3. The molecule has 3 aromatic carbocycles. The summed E-state index contributed by atoms with van der Waals surface area (Å²) < 4.78 is 148. The zero-order valence-electron chi connectivity index (χ0n) is 21.5. The minimum Gasteiger partial charge on any atom is -0.497 e. The molecule has 4 nitrogen and oxygen atoms in total. The number of sulfone groups is 1. The van der Waals surface area contributed by atoms with E-state index < -0.39 is 56.3 Å². The van der Waals surface area contributed by atoms with E-state index in [0.717, 1.165) is 55.6 Å². The fourth-order valence-electron chi connectivity index (χ4n) is 5.26. The summed E-state index contributed by atoms with van der Waals surface area (Å²) >= 11 is 0. The van der Waals surface area contributed by atoms with Crippen molar-refractivity contribution in [3.05, 3.63) is 95.1 Å². The third-order valence-corrected chi connectivity index (χ3v) is 9.85. The molecule has 4 rings (SSSR count). The first kappa shape index (κ1) is 30.8. The maximum absolute atomic E-state index is 14.3. The van der Waals surface area contributed by atoms with Crippen LogP contribution in [0.2, 0.25) is 0 Å². The van der Waals surface area contributed by atoms with Crippen LogP contribution in [0, 0.1) is 11.6 Å². The third kappa shape index (κ3) is 5.41. The summed E-state index contributed by atoms with van der Waals surface area (Å²) in [4.78, 5) is -0.223. The lowest BCUT2D eigenvalue weighted by molar-refractivity contribution is -0.392. The van der Waals surface area contributed by atoms with Crippen LogP contribution in [-0.2, 0) is 31.5 Å². The van der Waals surface area contributed by atoms with E-state index in [4.69, 9.17) is 4.74 Å². The van der Waals surface area contributed by atoms with Crippen molar-refractivity contribution in [2.75, 3.05) is 7.11 Å². The second kappa shape index (κ2) is 10.9. The molecule has 0 N–H and O–H groups in total. The van der Waals surface area contributed by atoms with E-state index in [2.05, 4.69) is 4.74 Å². The number of halogens is 8. The van der Waals surface area contributed by atoms with E-state index in [0.29, 0.717) is 31.0 Å². The minimum absolute atomic E-state index is 0.00353. The molecule has 222 valence electrons. The van der Waals surface area contributed by atoms with Crippen molar-refractivity contribution in [2.45, 2.75) is 59.9 Å². The van der Waals surface area contributed by atoms with Crippen LogP contribution in [0.25, 0.3) is 0 Å². The molecule has 0 amide bonds. The predicted octanol–water partition coefficient (Wildman–Crippen LogP) is 7.75. The molecule has 0 saturated heterocycles. The van der Waals surface area contributed by atoms with Gasteiger partial charge in [-0.1, -0.05) is 37.1 Å². The molecule has 1 aliphatic carbocycles. The number of benzene rings is 3. The van der Waals surface area contributed by atoms with Crippen molar-refractivity contribution in [3.8, 4) is 5.75 Å². The quantitative estimate of drug-likeness (QED) is 0.194. The van der Waals surface area contributed by atoms with Gasteiger partial charge in [-0.05, 0) is 60.4 Å². The maximum atomic E-state index is 14.3. The molecule has 1 fully saturated rings. The SMILES string of the molecule is COc1cc(F)cc(COC(c2ccc(C3(S(=O)(=O)c4ccc(F)cc4)CCCC3)cc2)(C(F)(F)F)C(F)(F)F)c1. The molecule has 41 heavy (non-hydrogen) atoms. The van der Waals surface area contributed by atoms with Gasteiger partial charge in [0.25, 0.3) is 5.60 Å². The Bertz CT molecular complexity index is 1460. The van der Waals surface area contributed by atoms with Crippen LogP contribution >= 0.6 is 0 Å². The highest BCUT2D eigenvalue weighted by molar-refractivity contribution is 7.92. The average Bonchev–Trinajstić information content (AvgIpc) is 3.40. The van der Waals surface area contributed by atoms with Gasteiger partial charge in [0.05, 0.1) is 18.6 Å². The molecular formula is C28H24F8O4S. The highest BCUT2D eigenvalue weighted by atomic mass is 32.2. The van der Waals surface area contributed by atoms with Crippen molar-refractivity contribution >= 4 is 9.84 Å². The molecule has 0 bridgehead atoms. The van der Waals surface area contributed by atoms with Gasteiger partial charge in [0, 0.05) is 11.6 Å². The van der Waals surface area contributed by atoms with Gasteiger partial charge in [-0.15, -0.1) is 0 Å². The van der Waals surface area contributed by atoms with Crippen molar-refractivity contribution in [2.24, 2.45) is 0 Å². The first-order chi connectivity index (χ1) is 19.1. The second-order valence-corrected chi connectivity index (χ2v) is 12.0. The van der Waals surface area contributed by atoms with Crippen LogP contribution in [0.4, 0.5) is 35.1 Å². The summed E-state index contributed by atoms with van der Waals surface area (Å²) in [6.07, 6.45) is -11.0. The van der Waals surface area contributed by atoms with Gasteiger partial charge in [0.15, 0.2) is 9.84 Å². The number of alkyl halides is 6. The van der Waals surface area contributed by atoms with E-state index in [1.165, 1.54) is 0 Å². The highest BCUT2D eigenvalue weighted by Gasteiger charge is 2.73. The molecule has 1 aliphatic rings. The lowest BCUT2D eigenvalue weighted by atomic mass is 9.88. The molecule has 0 aromatic heterocycles. The van der Waals surface area contributed by atoms with Gasteiger partial charge in [-0.2, -0.15) is 26.3 Å². The maximum Gasteiger partial charge on any atom is 0.430 e. The van der Waals surface area contributed by atoms with Crippen molar-refractivity contribution in [1.82, 2.24) is 0 Å². The van der Waals surface area contributed by atoms with Crippen LogP contribution < -0.4 is 4.74 Å². The summed E-state index contributed by atoms with van der Waals surface area (Å²) in [6, 6.07) is 9.59. The molecule has 0 aliphatic heterocycles. The molecule has 13 heteroatoms. The standard InChI is InChI=1S/C28H24F8O4S/c1-39-23-15-18(14-22(30)16-23)17-40-26(27(31,32)33,28(34,35)36)20-6-4-19(5-7-20)25(12-2-3-13-25)41(37,38)24-10-8-21(29)9-11-24/h4-11,14-16H,2-3,12-13,17H2,1H3. The van der Waals surface area contributed by atoms with Crippen LogP contribution in [0.5, 0.6) is 5.75 Å². The fraction of sp³-hybridized carbons (Fsp3) is 0.357. The van der Waals surface area contributed by atoms with Gasteiger partial charge >= 0.3 is 12.4 Å². The monoisotopic (exact) mass is 608 g/mol. The second-order valence-electron chi connectivity index (χ2n) is 9.70. The largest absolute Gasteiger partial charge is 0.497 e. The molecular weight excluding hydrogens is 584 g/mol. The fourth-order valence-corrected chi connectivity index (χ4v) is 7.47. The molecule has 0 atom stereocenters. The van der Waals surface area contributed by atoms with E-state index in [1.54, 1.807) is 0 Å². The Morgan fingerprint density at radius 3 is 1.85 bits per heavy atom. The Morgan fingerprint density at radius 2 is 1.34 bits per heavy atom. The molecule has 3 aromatic rings. The predicted molar refractivity (Wildman–Crippen MR) is 132 cm³/mol. The third-order valence-electron chi connectivity index (χ3n) is 7.29. The molecule has 0 unspecified atom stereocenters. The Kier molecular flexibility index (Phi) is 8.18.